The first-order valence-corrected chi connectivity index (χ1v) is 5.41. The SMILES string of the molecule is ClCCC[CH]CCCI. The standard InChI is InChI=1S/C7H13ClI/c8-6-4-2-1-3-5-7-9/h1H,2-7H2. The molecule has 0 spiro atoms. The second kappa shape index (κ2) is 9.02. The van der Waals surface area contributed by atoms with Gasteiger partial charge < -0.3 is 0 Å². The number of alkyl halides is 2. The largest absolute Gasteiger partial charge is 0.127 e. The molecule has 0 bridgehead atoms. The average Bonchev–Trinajstić information content (AvgIpc) is 1.89. The minimum Gasteiger partial charge on any atom is -0.127 e. The minimum absolute atomic E-state index is 0.806. The van der Waals surface area contributed by atoms with Gasteiger partial charge in [0.05, 0.1) is 0 Å². The molecule has 1 radical (unpaired) electrons. The molecular formula is C7H13ClI. The van der Waals surface area contributed by atoms with E-state index >= 15 is 0 Å². The Morgan fingerprint density at radius 3 is 2.44 bits per heavy atom. The van der Waals surface area contributed by atoms with E-state index in [1.54, 1.807) is 0 Å². The van der Waals surface area contributed by atoms with Gasteiger partial charge in [0.1, 0.15) is 0 Å². The predicted octanol–water partition coefficient (Wildman–Crippen LogP) is 3.42. The Morgan fingerprint density at radius 1 is 1.22 bits per heavy atom. The van der Waals surface area contributed by atoms with Crippen molar-refractivity contribution < 1.29 is 0 Å². The van der Waals surface area contributed by atoms with Crippen LogP contribution in [0.15, 0.2) is 0 Å². The summed E-state index contributed by atoms with van der Waals surface area (Å²) in [6.07, 6.45) is 7.26. The Morgan fingerprint density at radius 2 is 1.89 bits per heavy atom. The first kappa shape index (κ1) is 10.0. The maximum Gasteiger partial charge on any atom is 0.0223 e. The maximum atomic E-state index is 5.49. The number of unbranched alkanes of at least 4 members (excludes halogenated alkanes) is 4. The van der Waals surface area contributed by atoms with E-state index in [4.69, 9.17) is 11.6 Å². The van der Waals surface area contributed by atoms with Crippen LogP contribution in [0.2, 0.25) is 0 Å². The molecule has 0 N–H and O–H groups in total. The van der Waals surface area contributed by atoms with Gasteiger partial charge in [0.25, 0.3) is 0 Å². The first-order valence-electron chi connectivity index (χ1n) is 3.35. The molecule has 2 heteroatoms. The van der Waals surface area contributed by atoms with E-state index in [9.17, 15) is 0 Å². The zero-order chi connectivity index (χ0) is 6.95. The van der Waals surface area contributed by atoms with Crippen molar-refractivity contribution in [3.63, 3.8) is 0 Å². The van der Waals surface area contributed by atoms with Crippen molar-refractivity contribution in [3.8, 4) is 0 Å². The molecule has 0 aromatic heterocycles. The van der Waals surface area contributed by atoms with Crippen LogP contribution in [-0.2, 0) is 0 Å². The lowest BCUT2D eigenvalue weighted by Crippen LogP contribution is -1.80. The van der Waals surface area contributed by atoms with Crippen molar-refractivity contribution in [1.82, 2.24) is 0 Å². The Labute approximate surface area is 76.5 Å². The normalized spacial score (nSPS) is 10.0. The maximum absolute atomic E-state index is 5.49. The molecule has 0 saturated heterocycles. The van der Waals surface area contributed by atoms with Crippen LogP contribution in [0.5, 0.6) is 0 Å². The van der Waals surface area contributed by atoms with E-state index < -0.39 is 0 Å². The minimum atomic E-state index is 0.806. The lowest BCUT2D eigenvalue weighted by molar-refractivity contribution is 0.808. The van der Waals surface area contributed by atoms with Gasteiger partial charge in [0.2, 0.25) is 0 Å². The highest BCUT2D eigenvalue weighted by atomic mass is 127. The van der Waals surface area contributed by atoms with Crippen LogP contribution >= 0.6 is 34.2 Å². The topological polar surface area (TPSA) is 0 Å². The van der Waals surface area contributed by atoms with E-state index in [-0.39, 0.29) is 0 Å². The molecule has 9 heavy (non-hydrogen) atoms. The van der Waals surface area contributed by atoms with Gasteiger partial charge in [-0.1, -0.05) is 22.6 Å². The molecule has 0 amide bonds. The van der Waals surface area contributed by atoms with Crippen molar-refractivity contribution in [2.45, 2.75) is 25.7 Å². The third kappa shape index (κ3) is 9.02. The van der Waals surface area contributed by atoms with E-state index in [0.717, 1.165) is 12.3 Å². The highest BCUT2D eigenvalue weighted by molar-refractivity contribution is 14.1. The van der Waals surface area contributed by atoms with E-state index in [0.29, 0.717) is 0 Å². The second-order valence-electron chi connectivity index (χ2n) is 1.95. The van der Waals surface area contributed by atoms with Gasteiger partial charge in [-0.05, 0) is 36.5 Å². The molecule has 0 aliphatic carbocycles. The summed E-state index contributed by atoms with van der Waals surface area (Å²) in [5.74, 6) is 0.806. The fourth-order valence-corrected chi connectivity index (χ4v) is 1.18. The number of halogens is 2. The third-order valence-electron chi connectivity index (χ3n) is 1.08. The van der Waals surface area contributed by atoms with Crippen LogP contribution in [0.4, 0.5) is 0 Å². The number of hydrogen-bond donors (Lipinski definition) is 0. The first-order chi connectivity index (χ1) is 4.41. The van der Waals surface area contributed by atoms with Crippen molar-refractivity contribution in [3.05, 3.63) is 6.42 Å². The van der Waals surface area contributed by atoms with Crippen LogP contribution in [0.25, 0.3) is 0 Å². The van der Waals surface area contributed by atoms with Crippen molar-refractivity contribution in [1.29, 1.82) is 0 Å². The van der Waals surface area contributed by atoms with Crippen molar-refractivity contribution in [2.75, 3.05) is 10.3 Å². The lowest BCUT2D eigenvalue weighted by Gasteiger charge is -1.94. The summed E-state index contributed by atoms with van der Waals surface area (Å²) in [7, 11) is 0. The number of hydrogen-bond acceptors (Lipinski definition) is 0. The Hall–Kier alpha value is 1.02. The molecule has 0 rings (SSSR count). The van der Waals surface area contributed by atoms with Crippen LogP contribution in [0.3, 0.4) is 0 Å². The smallest absolute Gasteiger partial charge is 0.0223 e. The van der Waals surface area contributed by atoms with Gasteiger partial charge in [0, 0.05) is 5.88 Å². The highest BCUT2D eigenvalue weighted by Crippen LogP contribution is 2.03. The summed E-state index contributed by atoms with van der Waals surface area (Å²) < 4.78 is 1.27. The second-order valence-corrected chi connectivity index (χ2v) is 3.41. The van der Waals surface area contributed by atoms with E-state index in [1.807, 2.05) is 0 Å². The third-order valence-corrected chi connectivity index (χ3v) is 2.11. The monoisotopic (exact) mass is 259 g/mol. The summed E-state index contributed by atoms with van der Waals surface area (Å²) in [4.78, 5) is 0. The summed E-state index contributed by atoms with van der Waals surface area (Å²) in [5.41, 5.74) is 0. The Bertz CT molecular complexity index is 42.2. The fourth-order valence-electron chi connectivity index (χ4n) is 0.587. The van der Waals surface area contributed by atoms with Crippen LogP contribution in [0, 0.1) is 6.42 Å². The summed E-state index contributed by atoms with van der Waals surface area (Å²) in [6, 6.07) is 0. The molecule has 0 aliphatic heterocycles. The lowest BCUT2D eigenvalue weighted by atomic mass is 10.2. The number of rotatable bonds is 6. The molecule has 0 aliphatic rings. The summed E-state index contributed by atoms with van der Waals surface area (Å²) >= 11 is 7.90. The molecule has 0 nitrogen and oxygen atoms in total. The molecule has 0 aromatic rings. The van der Waals surface area contributed by atoms with E-state index in [1.165, 1.54) is 23.7 Å². The molecule has 0 fully saturated rings. The van der Waals surface area contributed by atoms with Gasteiger partial charge in [-0.3, -0.25) is 0 Å². The van der Waals surface area contributed by atoms with Crippen molar-refractivity contribution >= 4 is 34.2 Å². The zero-order valence-corrected chi connectivity index (χ0v) is 8.49. The summed E-state index contributed by atoms with van der Waals surface area (Å²) in [5, 5.41) is 0. The molecule has 0 aromatic carbocycles. The van der Waals surface area contributed by atoms with Gasteiger partial charge in [0.15, 0.2) is 0 Å². The molecule has 0 atom stereocenters. The zero-order valence-electron chi connectivity index (χ0n) is 5.58. The predicted molar refractivity (Wildman–Crippen MR) is 52.4 cm³/mol. The Balaban J connectivity index is 2.60. The summed E-state index contributed by atoms with van der Waals surface area (Å²) in [6.45, 7) is 0. The molecule has 0 unspecified atom stereocenters. The fraction of sp³-hybridized carbons (Fsp3) is 0.857. The van der Waals surface area contributed by atoms with E-state index in [2.05, 4.69) is 29.0 Å². The average molecular weight is 260 g/mol. The Kier molecular flexibility index (Phi) is 10.0. The van der Waals surface area contributed by atoms with Crippen LogP contribution in [0.1, 0.15) is 25.7 Å². The molecular weight excluding hydrogens is 246 g/mol. The van der Waals surface area contributed by atoms with Crippen LogP contribution in [-0.4, -0.2) is 10.3 Å². The highest BCUT2D eigenvalue weighted by Gasteiger charge is 1.87. The van der Waals surface area contributed by atoms with Gasteiger partial charge in [-0.25, -0.2) is 0 Å². The molecule has 0 heterocycles. The van der Waals surface area contributed by atoms with Gasteiger partial charge >= 0.3 is 0 Å². The van der Waals surface area contributed by atoms with Crippen LogP contribution < -0.4 is 0 Å². The quantitative estimate of drug-likeness (QED) is 0.389. The van der Waals surface area contributed by atoms with Gasteiger partial charge in [-0.15, -0.1) is 11.6 Å². The molecule has 55 valence electrons. The van der Waals surface area contributed by atoms with Crippen molar-refractivity contribution in [2.24, 2.45) is 0 Å². The van der Waals surface area contributed by atoms with Gasteiger partial charge in [-0.2, -0.15) is 0 Å². The molecule has 0 saturated carbocycles.